The van der Waals surface area contributed by atoms with E-state index in [1.165, 1.54) is 19.3 Å². The lowest BCUT2D eigenvalue weighted by Gasteiger charge is -2.22. The number of nitrogen functional groups attached to an aromatic ring is 1. The molecule has 0 unspecified atom stereocenters. The second-order valence-electron chi connectivity index (χ2n) is 3.92. The van der Waals surface area contributed by atoms with Gasteiger partial charge in [0.2, 0.25) is 0 Å². The Labute approximate surface area is 93.0 Å². The number of aromatic nitrogens is 1. The standard InChI is InChI=1S/C10H15N3OS/c11-9-6-8(15-13-9)10(14)12-7-4-2-1-3-5-7/h6-7H,1-5H2,(H2,11,13)(H,12,14). The van der Waals surface area contributed by atoms with E-state index in [1.54, 1.807) is 6.07 Å². The molecule has 5 heteroatoms. The molecule has 1 aromatic heterocycles. The summed E-state index contributed by atoms with van der Waals surface area (Å²) in [5.41, 5.74) is 5.47. The quantitative estimate of drug-likeness (QED) is 0.806. The van der Waals surface area contributed by atoms with E-state index in [2.05, 4.69) is 9.69 Å². The molecule has 82 valence electrons. The number of hydrogen-bond acceptors (Lipinski definition) is 4. The molecule has 1 aliphatic rings. The van der Waals surface area contributed by atoms with Gasteiger partial charge < -0.3 is 11.1 Å². The molecule has 0 saturated heterocycles. The Morgan fingerprint density at radius 2 is 2.20 bits per heavy atom. The van der Waals surface area contributed by atoms with E-state index in [4.69, 9.17) is 5.73 Å². The molecule has 0 atom stereocenters. The molecule has 1 amide bonds. The average molecular weight is 225 g/mol. The minimum absolute atomic E-state index is 0.0314. The Bertz CT molecular complexity index is 344. The Kier molecular flexibility index (Phi) is 3.20. The van der Waals surface area contributed by atoms with Crippen LogP contribution in [0.2, 0.25) is 0 Å². The van der Waals surface area contributed by atoms with E-state index in [9.17, 15) is 4.79 Å². The number of nitrogens with one attached hydrogen (secondary N) is 1. The summed E-state index contributed by atoms with van der Waals surface area (Å²) in [6.45, 7) is 0. The first-order valence-electron chi connectivity index (χ1n) is 5.29. The number of nitrogens with two attached hydrogens (primary N) is 1. The first-order chi connectivity index (χ1) is 7.25. The van der Waals surface area contributed by atoms with Crippen LogP contribution in [0.5, 0.6) is 0 Å². The second kappa shape index (κ2) is 4.61. The fourth-order valence-corrected chi connectivity index (χ4v) is 2.47. The molecule has 0 aliphatic heterocycles. The Morgan fingerprint density at radius 1 is 1.47 bits per heavy atom. The van der Waals surface area contributed by atoms with Crippen LogP contribution in [-0.2, 0) is 0 Å². The van der Waals surface area contributed by atoms with E-state index in [0.29, 0.717) is 16.7 Å². The fraction of sp³-hybridized carbons (Fsp3) is 0.600. The lowest BCUT2D eigenvalue weighted by atomic mass is 9.95. The maximum Gasteiger partial charge on any atom is 0.263 e. The average Bonchev–Trinajstić information content (AvgIpc) is 2.66. The van der Waals surface area contributed by atoms with Crippen molar-refractivity contribution in [1.82, 2.24) is 9.69 Å². The molecule has 15 heavy (non-hydrogen) atoms. The van der Waals surface area contributed by atoms with Crippen LogP contribution in [0, 0.1) is 0 Å². The monoisotopic (exact) mass is 225 g/mol. The van der Waals surface area contributed by atoms with Crippen LogP contribution >= 0.6 is 11.5 Å². The Balaban J connectivity index is 1.91. The van der Waals surface area contributed by atoms with Gasteiger partial charge in [-0.25, -0.2) is 0 Å². The first kappa shape index (κ1) is 10.4. The molecule has 3 N–H and O–H groups in total. The van der Waals surface area contributed by atoms with Crippen LogP contribution < -0.4 is 11.1 Å². The number of carbonyl (C=O) groups is 1. The van der Waals surface area contributed by atoms with Gasteiger partial charge in [0, 0.05) is 12.1 Å². The highest BCUT2D eigenvalue weighted by molar-refractivity contribution is 7.08. The van der Waals surface area contributed by atoms with Gasteiger partial charge in [-0.05, 0) is 24.4 Å². The minimum Gasteiger partial charge on any atom is -0.383 e. The van der Waals surface area contributed by atoms with E-state index in [1.807, 2.05) is 0 Å². The van der Waals surface area contributed by atoms with Gasteiger partial charge in [-0.1, -0.05) is 19.3 Å². The predicted octanol–water partition coefficient (Wildman–Crippen LogP) is 1.79. The predicted molar refractivity (Wildman–Crippen MR) is 60.9 cm³/mol. The van der Waals surface area contributed by atoms with Crippen molar-refractivity contribution in [1.29, 1.82) is 0 Å². The molecule has 1 heterocycles. The Hall–Kier alpha value is -1.10. The number of nitrogens with zero attached hydrogens (tertiary/aromatic N) is 1. The molecule has 1 saturated carbocycles. The zero-order valence-corrected chi connectivity index (χ0v) is 9.35. The third kappa shape index (κ3) is 2.68. The lowest BCUT2D eigenvalue weighted by Crippen LogP contribution is -2.35. The van der Waals surface area contributed by atoms with Gasteiger partial charge in [-0.3, -0.25) is 4.79 Å². The van der Waals surface area contributed by atoms with Crippen molar-refractivity contribution in [2.24, 2.45) is 0 Å². The molecule has 0 bridgehead atoms. The van der Waals surface area contributed by atoms with Gasteiger partial charge >= 0.3 is 0 Å². The minimum atomic E-state index is -0.0314. The van der Waals surface area contributed by atoms with Gasteiger partial charge in [0.05, 0.1) is 0 Å². The van der Waals surface area contributed by atoms with Crippen LogP contribution in [0.15, 0.2) is 6.07 Å². The molecule has 4 nitrogen and oxygen atoms in total. The van der Waals surface area contributed by atoms with E-state index >= 15 is 0 Å². The molecule has 1 aliphatic carbocycles. The van der Waals surface area contributed by atoms with Gasteiger partial charge in [-0.2, -0.15) is 4.37 Å². The SMILES string of the molecule is Nc1cc(C(=O)NC2CCCCC2)sn1. The number of carbonyl (C=O) groups excluding carboxylic acids is 1. The van der Waals surface area contributed by atoms with Crippen LogP contribution in [-0.4, -0.2) is 16.3 Å². The highest BCUT2D eigenvalue weighted by Gasteiger charge is 2.17. The summed E-state index contributed by atoms with van der Waals surface area (Å²) in [7, 11) is 0. The fourth-order valence-electron chi connectivity index (χ4n) is 1.90. The lowest BCUT2D eigenvalue weighted by molar-refractivity contribution is 0.0932. The van der Waals surface area contributed by atoms with Crippen LogP contribution in [0.4, 0.5) is 5.82 Å². The Morgan fingerprint density at radius 3 is 2.80 bits per heavy atom. The van der Waals surface area contributed by atoms with Crippen molar-refractivity contribution in [3.05, 3.63) is 10.9 Å². The first-order valence-corrected chi connectivity index (χ1v) is 6.06. The topological polar surface area (TPSA) is 68.0 Å². The van der Waals surface area contributed by atoms with Crippen molar-refractivity contribution in [2.75, 3.05) is 5.73 Å². The number of hydrogen-bond donors (Lipinski definition) is 2. The maximum absolute atomic E-state index is 11.7. The molecule has 2 rings (SSSR count). The summed E-state index contributed by atoms with van der Waals surface area (Å²) < 4.78 is 3.89. The molecule has 0 aromatic carbocycles. The van der Waals surface area contributed by atoms with E-state index < -0.39 is 0 Å². The van der Waals surface area contributed by atoms with Gasteiger partial charge in [0.15, 0.2) is 0 Å². The van der Waals surface area contributed by atoms with Gasteiger partial charge in [0.1, 0.15) is 10.7 Å². The van der Waals surface area contributed by atoms with Crippen molar-refractivity contribution < 1.29 is 4.79 Å². The number of rotatable bonds is 2. The highest BCUT2D eigenvalue weighted by atomic mass is 32.1. The van der Waals surface area contributed by atoms with Gasteiger partial charge in [-0.15, -0.1) is 0 Å². The smallest absolute Gasteiger partial charge is 0.263 e. The highest BCUT2D eigenvalue weighted by Crippen LogP contribution is 2.18. The third-order valence-corrected chi connectivity index (χ3v) is 3.49. The largest absolute Gasteiger partial charge is 0.383 e. The maximum atomic E-state index is 11.7. The molecule has 1 fully saturated rings. The summed E-state index contributed by atoms with van der Waals surface area (Å²) in [6.07, 6.45) is 5.92. The van der Waals surface area contributed by atoms with Crippen molar-refractivity contribution in [3.8, 4) is 0 Å². The third-order valence-electron chi connectivity index (χ3n) is 2.69. The van der Waals surface area contributed by atoms with E-state index in [-0.39, 0.29) is 5.91 Å². The van der Waals surface area contributed by atoms with E-state index in [0.717, 1.165) is 24.4 Å². The second-order valence-corrected chi connectivity index (χ2v) is 4.73. The van der Waals surface area contributed by atoms with Gasteiger partial charge in [0.25, 0.3) is 5.91 Å². The van der Waals surface area contributed by atoms with Crippen molar-refractivity contribution in [3.63, 3.8) is 0 Å². The summed E-state index contributed by atoms with van der Waals surface area (Å²) in [5, 5.41) is 3.02. The number of amides is 1. The molecule has 0 radical (unpaired) electrons. The molecule has 1 aromatic rings. The summed E-state index contributed by atoms with van der Waals surface area (Å²) in [5.74, 6) is 0.393. The molecule has 0 spiro atoms. The number of anilines is 1. The summed E-state index contributed by atoms with van der Waals surface area (Å²) >= 11 is 1.16. The van der Waals surface area contributed by atoms with Crippen LogP contribution in [0.1, 0.15) is 41.8 Å². The normalized spacial score (nSPS) is 17.6. The van der Waals surface area contributed by atoms with Crippen LogP contribution in [0.3, 0.4) is 0 Å². The van der Waals surface area contributed by atoms with Crippen LogP contribution in [0.25, 0.3) is 0 Å². The summed E-state index contributed by atoms with van der Waals surface area (Å²) in [4.78, 5) is 12.3. The zero-order chi connectivity index (χ0) is 10.7. The molecular formula is C10H15N3OS. The van der Waals surface area contributed by atoms with Crippen molar-refractivity contribution in [2.45, 2.75) is 38.1 Å². The molecular weight excluding hydrogens is 210 g/mol. The zero-order valence-electron chi connectivity index (χ0n) is 8.53. The summed E-state index contributed by atoms with van der Waals surface area (Å²) in [6, 6.07) is 1.97. The van der Waals surface area contributed by atoms with Crippen molar-refractivity contribution >= 4 is 23.3 Å².